The lowest BCUT2D eigenvalue weighted by Crippen LogP contribution is -2.27. The van der Waals surface area contributed by atoms with E-state index in [9.17, 15) is 9.59 Å². The molecule has 5 heterocycles. The van der Waals surface area contributed by atoms with E-state index in [-0.39, 0.29) is 5.91 Å². The van der Waals surface area contributed by atoms with Crippen molar-refractivity contribution < 1.29 is 14.0 Å². The number of amides is 2. The smallest absolute Gasteiger partial charge is 0.222 e. The number of hydrogen-bond acceptors (Lipinski definition) is 6. The molecule has 0 unspecified atom stereocenters. The number of carbonyl (C=O) groups excluding carboxylic acids is 2. The molecule has 4 N–H and O–H groups in total. The summed E-state index contributed by atoms with van der Waals surface area (Å²) < 4.78 is 6.01. The number of rotatable bonds is 7. The number of oxazole rings is 1. The molecule has 9 heteroatoms. The standard InChI is InChI=1S/C20H24N4O2.C7H14N2O/c25-18-2-1-10-24(18)11-7-17-23-20-16(26-17)4-3-15-19(20)14(12-22-15)13-5-8-21-9-6-13;8-4-2-6-9-5-1-3-7(9)10/h3-4,12-13,21-22H,1-2,5-11H2;1-6,8H2. The van der Waals surface area contributed by atoms with Crippen LogP contribution in [0.15, 0.2) is 22.7 Å². The van der Waals surface area contributed by atoms with Crippen molar-refractivity contribution in [2.75, 3.05) is 45.8 Å². The van der Waals surface area contributed by atoms with Gasteiger partial charge in [-0.05, 0) is 75.4 Å². The third-order valence-corrected chi connectivity index (χ3v) is 7.63. The van der Waals surface area contributed by atoms with Crippen LogP contribution in [0.3, 0.4) is 0 Å². The summed E-state index contributed by atoms with van der Waals surface area (Å²) in [6.07, 6.45) is 9.50. The van der Waals surface area contributed by atoms with Crippen LogP contribution in [0.5, 0.6) is 0 Å². The summed E-state index contributed by atoms with van der Waals surface area (Å²) in [7, 11) is 0. The Kier molecular flexibility index (Phi) is 7.87. The number of benzene rings is 1. The van der Waals surface area contributed by atoms with Crippen LogP contribution in [-0.2, 0) is 16.0 Å². The minimum Gasteiger partial charge on any atom is -0.441 e. The maximum atomic E-state index is 11.8. The van der Waals surface area contributed by atoms with Crippen molar-refractivity contribution in [3.05, 3.63) is 29.8 Å². The zero-order valence-corrected chi connectivity index (χ0v) is 21.1. The van der Waals surface area contributed by atoms with Crippen LogP contribution in [-0.4, -0.2) is 77.4 Å². The summed E-state index contributed by atoms with van der Waals surface area (Å²) in [5.41, 5.74) is 9.60. The van der Waals surface area contributed by atoms with E-state index in [0.29, 0.717) is 37.8 Å². The van der Waals surface area contributed by atoms with E-state index in [1.165, 1.54) is 10.9 Å². The highest BCUT2D eigenvalue weighted by atomic mass is 16.3. The van der Waals surface area contributed by atoms with Gasteiger partial charge in [0.25, 0.3) is 0 Å². The molecule has 0 atom stereocenters. The molecule has 0 saturated carbocycles. The van der Waals surface area contributed by atoms with Crippen molar-refractivity contribution in [2.45, 2.75) is 57.3 Å². The van der Waals surface area contributed by atoms with E-state index in [4.69, 9.17) is 15.1 Å². The zero-order valence-electron chi connectivity index (χ0n) is 21.1. The van der Waals surface area contributed by atoms with Gasteiger partial charge in [-0.3, -0.25) is 9.59 Å². The summed E-state index contributed by atoms with van der Waals surface area (Å²) in [5, 5.41) is 4.65. The first-order chi connectivity index (χ1) is 17.6. The fourth-order valence-corrected chi connectivity index (χ4v) is 5.64. The first kappa shape index (κ1) is 24.8. The minimum absolute atomic E-state index is 0.252. The van der Waals surface area contributed by atoms with Gasteiger partial charge in [-0.15, -0.1) is 0 Å². The molecule has 3 fully saturated rings. The maximum absolute atomic E-state index is 11.8. The van der Waals surface area contributed by atoms with Crippen molar-refractivity contribution in [3.8, 4) is 0 Å². The highest BCUT2D eigenvalue weighted by Crippen LogP contribution is 2.35. The van der Waals surface area contributed by atoms with Gasteiger partial charge in [-0.2, -0.15) is 0 Å². The predicted molar refractivity (Wildman–Crippen MR) is 140 cm³/mol. The van der Waals surface area contributed by atoms with Gasteiger partial charge < -0.3 is 30.3 Å². The molecule has 0 radical (unpaired) electrons. The zero-order chi connectivity index (χ0) is 24.9. The Balaban J connectivity index is 0.000000226. The lowest BCUT2D eigenvalue weighted by molar-refractivity contribution is -0.128. The van der Waals surface area contributed by atoms with Crippen molar-refractivity contribution in [3.63, 3.8) is 0 Å². The fraction of sp³-hybridized carbons (Fsp3) is 0.593. The molecule has 36 heavy (non-hydrogen) atoms. The largest absolute Gasteiger partial charge is 0.441 e. The molecular weight excluding hydrogens is 456 g/mol. The molecule has 3 aliphatic heterocycles. The molecule has 0 bridgehead atoms. The Morgan fingerprint density at radius 1 is 1.03 bits per heavy atom. The van der Waals surface area contributed by atoms with Crippen LogP contribution in [0, 0.1) is 0 Å². The number of nitrogens with one attached hydrogen (secondary N) is 2. The number of carbonyl (C=O) groups is 2. The molecule has 6 rings (SSSR count). The van der Waals surface area contributed by atoms with Crippen molar-refractivity contribution in [1.29, 1.82) is 0 Å². The van der Waals surface area contributed by atoms with Crippen LogP contribution in [0.2, 0.25) is 0 Å². The Morgan fingerprint density at radius 2 is 1.75 bits per heavy atom. The second-order valence-corrected chi connectivity index (χ2v) is 10.1. The predicted octanol–water partition coefficient (Wildman–Crippen LogP) is 2.90. The summed E-state index contributed by atoms with van der Waals surface area (Å²) in [6.45, 7) is 6.19. The first-order valence-corrected chi connectivity index (χ1v) is 13.5. The molecule has 3 aliphatic rings. The van der Waals surface area contributed by atoms with E-state index in [0.717, 1.165) is 93.8 Å². The third kappa shape index (κ3) is 5.42. The monoisotopic (exact) mass is 494 g/mol. The van der Waals surface area contributed by atoms with Crippen LogP contribution in [0.4, 0.5) is 0 Å². The Hall–Kier alpha value is -2.91. The van der Waals surface area contributed by atoms with E-state index >= 15 is 0 Å². The van der Waals surface area contributed by atoms with Crippen molar-refractivity contribution in [2.24, 2.45) is 5.73 Å². The summed E-state index contributed by atoms with van der Waals surface area (Å²) in [4.78, 5) is 34.8. The number of hydrogen-bond donors (Lipinski definition) is 3. The van der Waals surface area contributed by atoms with Gasteiger partial charge in [-0.25, -0.2) is 4.98 Å². The van der Waals surface area contributed by atoms with Crippen LogP contribution < -0.4 is 11.1 Å². The maximum Gasteiger partial charge on any atom is 0.222 e. The number of fused-ring (bicyclic) bond motifs is 3. The average molecular weight is 495 g/mol. The van der Waals surface area contributed by atoms with Crippen LogP contribution in [0.1, 0.15) is 62.3 Å². The second kappa shape index (κ2) is 11.4. The van der Waals surface area contributed by atoms with Gasteiger partial charge in [0.15, 0.2) is 11.5 Å². The molecule has 9 nitrogen and oxygen atoms in total. The molecule has 194 valence electrons. The Bertz CT molecular complexity index is 1200. The number of aromatic nitrogens is 2. The molecular formula is C27H38N6O3. The molecule has 3 saturated heterocycles. The third-order valence-electron chi connectivity index (χ3n) is 7.63. The summed E-state index contributed by atoms with van der Waals surface area (Å²) in [6, 6.07) is 4.08. The normalized spacial score (nSPS) is 19.0. The molecule has 1 aromatic carbocycles. The number of aromatic amines is 1. The second-order valence-electron chi connectivity index (χ2n) is 10.1. The minimum atomic E-state index is 0.252. The fourth-order valence-electron chi connectivity index (χ4n) is 5.64. The first-order valence-electron chi connectivity index (χ1n) is 13.5. The Morgan fingerprint density at radius 3 is 2.42 bits per heavy atom. The molecule has 2 amide bonds. The van der Waals surface area contributed by atoms with Gasteiger partial charge in [0.05, 0.1) is 0 Å². The quantitative estimate of drug-likeness (QED) is 0.465. The van der Waals surface area contributed by atoms with Crippen molar-refractivity contribution >= 4 is 33.8 Å². The molecule has 2 aromatic heterocycles. The summed E-state index contributed by atoms with van der Waals surface area (Å²) in [5.74, 6) is 1.85. The van der Waals surface area contributed by atoms with Crippen molar-refractivity contribution in [1.82, 2.24) is 25.1 Å². The van der Waals surface area contributed by atoms with E-state index in [1.54, 1.807) is 0 Å². The van der Waals surface area contributed by atoms with Crippen LogP contribution >= 0.6 is 0 Å². The van der Waals surface area contributed by atoms with Crippen LogP contribution in [0.25, 0.3) is 22.0 Å². The SMILES string of the molecule is NCCCN1CCCC1=O.O=C1CCCN1CCc1nc2c(ccc3[nH]cc(C4CCNCC4)c32)o1. The number of nitrogens with zero attached hydrogens (tertiary/aromatic N) is 3. The van der Waals surface area contributed by atoms with E-state index in [1.807, 2.05) is 15.9 Å². The number of likely N-dealkylation sites (tertiary alicyclic amines) is 2. The highest BCUT2D eigenvalue weighted by molar-refractivity contribution is 6.04. The van der Waals surface area contributed by atoms with E-state index < -0.39 is 0 Å². The van der Waals surface area contributed by atoms with Gasteiger partial charge >= 0.3 is 0 Å². The Labute approximate surface area is 211 Å². The molecule has 3 aromatic rings. The summed E-state index contributed by atoms with van der Waals surface area (Å²) >= 11 is 0. The van der Waals surface area contributed by atoms with Gasteiger partial charge in [0.2, 0.25) is 11.8 Å². The lowest BCUT2D eigenvalue weighted by Gasteiger charge is -2.22. The van der Waals surface area contributed by atoms with E-state index in [2.05, 4.69) is 22.6 Å². The van der Waals surface area contributed by atoms with Gasteiger partial charge in [-0.1, -0.05) is 0 Å². The number of piperidine rings is 1. The van der Waals surface area contributed by atoms with Gasteiger partial charge in [0.1, 0.15) is 5.52 Å². The average Bonchev–Trinajstić information content (AvgIpc) is 3.68. The highest BCUT2D eigenvalue weighted by Gasteiger charge is 2.23. The molecule has 0 aliphatic carbocycles. The number of H-pyrrole nitrogens is 1. The van der Waals surface area contributed by atoms with Gasteiger partial charge in [0, 0.05) is 62.5 Å². The molecule has 0 spiro atoms. The lowest BCUT2D eigenvalue weighted by atomic mass is 9.90. The topological polar surface area (TPSA) is 120 Å². The number of nitrogens with two attached hydrogens (primary N) is 1.